The number of piperazine rings is 1. The Morgan fingerprint density at radius 3 is 2.24 bits per heavy atom. The average molecular weight is 499 g/mol. The van der Waals surface area contributed by atoms with Crippen molar-refractivity contribution in [3.63, 3.8) is 0 Å². The van der Waals surface area contributed by atoms with Crippen LogP contribution in [0.2, 0.25) is 0 Å². The summed E-state index contributed by atoms with van der Waals surface area (Å²) in [5.41, 5.74) is 1.98. The first-order chi connectivity index (χ1) is 15.5. The summed E-state index contributed by atoms with van der Waals surface area (Å²) in [5.74, 6) is -0.152. The van der Waals surface area contributed by atoms with Crippen molar-refractivity contribution < 1.29 is 21.6 Å². The van der Waals surface area contributed by atoms with Crippen LogP contribution in [-0.4, -0.2) is 87.8 Å². The third kappa shape index (κ3) is 4.78. The number of nitrogens with zero attached hydrogens (tertiary/aromatic N) is 4. The molecule has 1 unspecified atom stereocenters. The van der Waals surface area contributed by atoms with Crippen LogP contribution in [0.15, 0.2) is 18.2 Å². The Bertz CT molecular complexity index is 1110. The van der Waals surface area contributed by atoms with Gasteiger partial charge in [-0.3, -0.25) is 9.10 Å². The molecule has 0 bridgehead atoms. The lowest BCUT2D eigenvalue weighted by Crippen LogP contribution is -2.55. The van der Waals surface area contributed by atoms with E-state index < -0.39 is 20.2 Å². The average Bonchev–Trinajstić information content (AvgIpc) is 3.14. The Morgan fingerprint density at radius 1 is 1.00 bits per heavy atom. The number of amides is 1. The summed E-state index contributed by atoms with van der Waals surface area (Å²) in [5, 5.41) is 0. The summed E-state index contributed by atoms with van der Waals surface area (Å²) >= 11 is 0. The molecule has 0 radical (unpaired) electrons. The van der Waals surface area contributed by atoms with Crippen molar-refractivity contribution >= 4 is 31.8 Å². The maximum Gasteiger partial charge on any atom is 0.282 e. The molecule has 2 aliphatic heterocycles. The third-order valence-electron chi connectivity index (χ3n) is 7.14. The SMILES string of the molecule is CC1Cc2cc(C(=O)N3CCN(S(=O)(=O)N(C)C4CCCCC4)CC3)ccc2N1S(C)(=O)=O. The van der Waals surface area contributed by atoms with Crippen molar-refractivity contribution in [3.05, 3.63) is 29.3 Å². The molecule has 2 fully saturated rings. The number of rotatable bonds is 5. The molecule has 1 aromatic carbocycles. The Kier molecular flexibility index (Phi) is 6.78. The highest BCUT2D eigenvalue weighted by Gasteiger charge is 2.36. The highest BCUT2D eigenvalue weighted by Crippen LogP contribution is 2.35. The fourth-order valence-corrected chi connectivity index (χ4v) is 8.20. The number of sulfonamides is 1. The van der Waals surface area contributed by atoms with E-state index in [1.54, 1.807) is 30.1 Å². The first-order valence-corrected chi connectivity index (χ1v) is 14.9. The zero-order chi connectivity index (χ0) is 24.0. The first-order valence-electron chi connectivity index (χ1n) is 11.6. The lowest BCUT2D eigenvalue weighted by Gasteiger charge is -2.38. The van der Waals surface area contributed by atoms with Crippen LogP contribution in [0.5, 0.6) is 0 Å². The van der Waals surface area contributed by atoms with Gasteiger partial charge in [-0.1, -0.05) is 19.3 Å². The van der Waals surface area contributed by atoms with Gasteiger partial charge in [-0.25, -0.2) is 8.42 Å². The van der Waals surface area contributed by atoms with Crippen LogP contribution < -0.4 is 4.31 Å². The quantitative estimate of drug-likeness (QED) is 0.615. The minimum Gasteiger partial charge on any atom is -0.336 e. The van der Waals surface area contributed by atoms with Crippen LogP contribution in [0.25, 0.3) is 0 Å². The molecule has 1 saturated carbocycles. The zero-order valence-corrected chi connectivity index (χ0v) is 21.2. The second-order valence-electron chi connectivity index (χ2n) is 9.46. The molecule has 9 nitrogen and oxygen atoms in total. The van der Waals surface area contributed by atoms with Crippen molar-refractivity contribution in [1.82, 2.24) is 13.5 Å². The normalized spacial score (nSPS) is 23.2. The van der Waals surface area contributed by atoms with E-state index >= 15 is 0 Å². The van der Waals surface area contributed by atoms with Crippen LogP contribution in [0, 0.1) is 0 Å². The van der Waals surface area contributed by atoms with Crippen molar-refractivity contribution in [1.29, 1.82) is 0 Å². The van der Waals surface area contributed by atoms with Gasteiger partial charge in [0.25, 0.3) is 16.1 Å². The molecule has 1 aliphatic carbocycles. The maximum absolute atomic E-state index is 13.1. The van der Waals surface area contributed by atoms with Crippen LogP contribution in [-0.2, 0) is 26.7 Å². The summed E-state index contributed by atoms with van der Waals surface area (Å²) in [6, 6.07) is 5.02. The molecular weight excluding hydrogens is 464 g/mol. The number of carbonyl (C=O) groups is 1. The molecule has 2 heterocycles. The van der Waals surface area contributed by atoms with Crippen molar-refractivity contribution in [2.24, 2.45) is 0 Å². The molecule has 0 aromatic heterocycles. The minimum absolute atomic E-state index is 0.0590. The molecule has 11 heteroatoms. The number of anilines is 1. The van der Waals surface area contributed by atoms with Gasteiger partial charge in [-0.05, 0) is 49.9 Å². The summed E-state index contributed by atoms with van der Waals surface area (Å²) in [6.45, 7) is 3.06. The first kappa shape index (κ1) is 24.4. The predicted molar refractivity (Wildman–Crippen MR) is 128 cm³/mol. The maximum atomic E-state index is 13.1. The molecule has 1 amide bonds. The largest absolute Gasteiger partial charge is 0.336 e. The molecule has 184 valence electrons. The van der Waals surface area contributed by atoms with Gasteiger partial charge in [0.05, 0.1) is 11.9 Å². The van der Waals surface area contributed by atoms with E-state index in [-0.39, 0.29) is 31.1 Å². The van der Waals surface area contributed by atoms with E-state index in [0.29, 0.717) is 30.8 Å². The number of hydrogen-bond acceptors (Lipinski definition) is 5. The fraction of sp³-hybridized carbons (Fsp3) is 0.682. The fourth-order valence-electron chi connectivity index (χ4n) is 5.36. The van der Waals surface area contributed by atoms with Crippen LogP contribution in [0.1, 0.15) is 54.9 Å². The van der Waals surface area contributed by atoms with Crippen molar-refractivity contribution in [2.75, 3.05) is 43.8 Å². The molecule has 0 N–H and O–H groups in total. The Hall–Kier alpha value is -1.69. The molecule has 0 spiro atoms. The van der Waals surface area contributed by atoms with Gasteiger partial charge < -0.3 is 4.90 Å². The highest BCUT2D eigenvalue weighted by atomic mass is 32.2. The smallest absolute Gasteiger partial charge is 0.282 e. The molecule has 4 rings (SSSR count). The summed E-state index contributed by atoms with van der Waals surface area (Å²) in [7, 11) is -5.25. The predicted octanol–water partition coefficient (Wildman–Crippen LogP) is 1.66. The Morgan fingerprint density at radius 2 is 1.64 bits per heavy atom. The summed E-state index contributed by atoms with van der Waals surface area (Å²) in [4.78, 5) is 14.8. The van der Waals surface area contributed by atoms with Gasteiger partial charge in [-0.15, -0.1) is 0 Å². The Labute approximate surface area is 197 Å². The standard InChI is InChI=1S/C22H34N4O5S2/c1-17-15-19-16-18(9-10-21(19)26(17)32(3,28)29)22(27)24-11-13-25(14-12-24)33(30,31)23(2)20-7-5-4-6-8-20/h9-10,16-17,20H,4-8,11-15H2,1-3H3. The van der Waals surface area contributed by atoms with Crippen molar-refractivity contribution in [3.8, 4) is 0 Å². The van der Waals surface area contributed by atoms with E-state index in [1.807, 2.05) is 6.92 Å². The monoisotopic (exact) mass is 498 g/mol. The van der Waals surface area contributed by atoms with Gasteiger partial charge in [0.1, 0.15) is 0 Å². The molecular formula is C22H34N4O5S2. The molecule has 33 heavy (non-hydrogen) atoms. The third-order valence-corrected chi connectivity index (χ3v) is 10.5. The van der Waals surface area contributed by atoms with Gasteiger partial charge in [0.2, 0.25) is 10.0 Å². The van der Waals surface area contributed by atoms with Crippen molar-refractivity contribution in [2.45, 2.75) is 57.5 Å². The van der Waals surface area contributed by atoms with E-state index in [0.717, 1.165) is 31.2 Å². The van der Waals surface area contributed by atoms with Crippen LogP contribution in [0.4, 0.5) is 5.69 Å². The zero-order valence-electron chi connectivity index (χ0n) is 19.6. The second kappa shape index (κ2) is 9.16. The summed E-state index contributed by atoms with van der Waals surface area (Å²) in [6.07, 6.45) is 6.85. The molecule has 1 aromatic rings. The van der Waals surface area contributed by atoms with Gasteiger partial charge in [0, 0.05) is 50.9 Å². The second-order valence-corrected chi connectivity index (χ2v) is 13.3. The number of benzene rings is 1. The summed E-state index contributed by atoms with van der Waals surface area (Å²) < 4.78 is 54.9. The van der Waals surface area contributed by atoms with Gasteiger partial charge in [-0.2, -0.15) is 17.0 Å². The van der Waals surface area contributed by atoms with E-state index in [9.17, 15) is 21.6 Å². The number of hydrogen-bond donors (Lipinski definition) is 0. The van der Waals surface area contributed by atoms with Crippen LogP contribution in [0.3, 0.4) is 0 Å². The highest BCUT2D eigenvalue weighted by molar-refractivity contribution is 7.92. The number of fused-ring (bicyclic) bond motifs is 1. The lowest BCUT2D eigenvalue weighted by molar-refractivity contribution is 0.0692. The molecule has 1 atom stereocenters. The van der Waals surface area contributed by atoms with E-state index in [1.165, 1.54) is 25.6 Å². The van der Waals surface area contributed by atoms with Crippen LogP contribution >= 0.6 is 0 Å². The Balaban J connectivity index is 1.41. The van der Waals surface area contributed by atoms with E-state index in [4.69, 9.17) is 0 Å². The number of carbonyl (C=O) groups excluding carboxylic acids is 1. The molecule has 1 saturated heterocycles. The lowest BCUT2D eigenvalue weighted by atomic mass is 9.96. The van der Waals surface area contributed by atoms with Gasteiger partial charge in [0.15, 0.2) is 0 Å². The topological polar surface area (TPSA) is 98.3 Å². The minimum atomic E-state index is -3.54. The van der Waals surface area contributed by atoms with E-state index in [2.05, 4.69) is 0 Å². The molecule has 3 aliphatic rings. The van der Waals surface area contributed by atoms with Gasteiger partial charge >= 0.3 is 0 Å².